The summed E-state index contributed by atoms with van der Waals surface area (Å²) in [5.41, 5.74) is 2.34. The van der Waals surface area contributed by atoms with Crippen LogP contribution in [-0.2, 0) is 6.54 Å². The van der Waals surface area contributed by atoms with Crippen molar-refractivity contribution in [1.29, 1.82) is 0 Å². The predicted octanol–water partition coefficient (Wildman–Crippen LogP) is 3.09. The first-order valence-electron chi connectivity index (χ1n) is 4.39. The van der Waals surface area contributed by atoms with Crippen LogP contribution in [-0.4, -0.2) is 6.54 Å². The topological polar surface area (TPSA) is 12.0 Å². The first-order valence-corrected chi connectivity index (χ1v) is 4.77. The van der Waals surface area contributed by atoms with E-state index in [4.69, 9.17) is 11.6 Å². The molecule has 0 aliphatic rings. The Bertz CT molecular complexity index is 294. The lowest BCUT2D eigenvalue weighted by Crippen LogP contribution is -2.12. The number of nitrogens with one attached hydrogen (secondary N) is 1. The normalized spacial score (nSPS) is 10.0. The van der Waals surface area contributed by atoms with Crippen molar-refractivity contribution in [2.45, 2.75) is 13.5 Å². The van der Waals surface area contributed by atoms with Crippen molar-refractivity contribution >= 4 is 17.7 Å². The Hall–Kier alpha value is -0.790. The van der Waals surface area contributed by atoms with Crippen LogP contribution in [0.3, 0.4) is 0 Å². The summed E-state index contributed by atoms with van der Waals surface area (Å²) >= 11 is 5.86. The fourth-order valence-electron chi connectivity index (χ4n) is 1.18. The molecule has 0 bridgehead atoms. The summed E-state index contributed by atoms with van der Waals surface area (Å²) in [6.45, 7) is 7.68. The summed E-state index contributed by atoms with van der Waals surface area (Å²) < 4.78 is 0. The Kier molecular flexibility index (Phi) is 4.00. The van der Waals surface area contributed by atoms with Crippen molar-refractivity contribution in [3.63, 3.8) is 0 Å². The van der Waals surface area contributed by atoms with E-state index in [0.717, 1.165) is 23.7 Å². The molecule has 1 aromatic rings. The van der Waals surface area contributed by atoms with Crippen LogP contribution in [0.25, 0.3) is 6.08 Å². The minimum atomic E-state index is 0.759. The minimum Gasteiger partial charge on any atom is -0.313 e. The van der Waals surface area contributed by atoms with Gasteiger partial charge in [0.2, 0.25) is 0 Å². The van der Waals surface area contributed by atoms with Gasteiger partial charge in [-0.3, -0.25) is 0 Å². The summed E-state index contributed by atoms with van der Waals surface area (Å²) in [5.74, 6) is 0. The molecule has 0 saturated heterocycles. The molecule has 0 spiro atoms. The molecule has 0 heterocycles. The van der Waals surface area contributed by atoms with E-state index < -0.39 is 0 Å². The molecular formula is C11H14ClN. The van der Waals surface area contributed by atoms with Gasteiger partial charge < -0.3 is 5.32 Å². The molecule has 0 amide bonds. The second kappa shape index (κ2) is 5.05. The van der Waals surface area contributed by atoms with Crippen LogP contribution < -0.4 is 5.32 Å². The van der Waals surface area contributed by atoms with E-state index in [2.05, 4.69) is 18.8 Å². The van der Waals surface area contributed by atoms with Crippen molar-refractivity contribution in [2.24, 2.45) is 0 Å². The SMILES string of the molecule is C=Cc1cc(Cl)ccc1CNCC. The molecule has 13 heavy (non-hydrogen) atoms. The van der Waals surface area contributed by atoms with Gasteiger partial charge in [0, 0.05) is 11.6 Å². The fourth-order valence-corrected chi connectivity index (χ4v) is 1.36. The molecule has 0 atom stereocenters. The summed E-state index contributed by atoms with van der Waals surface area (Å²) in [5, 5.41) is 4.03. The van der Waals surface area contributed by atoms with Gasteiger partial charge in [-0.1, -0.05) is 37.2 Å². The molecule has 0 unspecified atom stereocenters. The largest absolute Gasteiger partial charge is 0.313 e. The molecule has 1 N–H and O–H groups in total. The standard InChI is InChI=1S/C11H14ClN/c1-3-9-7-11(12)6-5-10(9)8-13-4-2/h3,5-7,13H,1,4,8H2,2H3. The lowest BCUT2D eigenvalue weighted by atomic mass is 10.1. The average Bonchev–Trinajstić information content (AvgIpc) is 2.16. The Labute approximate surface area is 84.4 Å². The number of benzene rings is 1. The van der Waals surface area contributed by atoms with Crippen LogP contribution in [0.2, 0.25) is 5.02 Å². The van der Waals surface area contributed by atoms with E-state index in [1.807, 2.05) is 24.3 Å². The van der Waals surface area contributed by atoms with Crippen molar-refractivity contribution in [2.75, 3.05) is 6.54 Å². The minimum absolute atomic E-state index is 0.759. The summed E-state index contributed by atoms with van der Waals surface area (Å²) in [6.07, 6.45) is 1.83. The van der Waals surface area contributed by atoms with Gasteiger partial charge in [0.1, 0.15) is 0 Å². The van der Waals surface area contributed by atoms with E-state index in [1.165, 1.54) is 5.56 Å². The average molecular weight is 196 g/mol. The highest BCUT2D eigenvalue weighted by Crippen LogP contribution is 2.16. The quantitative estimate of drug-likeness (QED) is 0.779. The van der Waals surface area contributed by atoms with Gasteiger partial charge in [0.05, 0.1) is 0 Å². The molecule has 70 valence electrons. The van der Waals surface area contributed by atoms with Crippen LogP contribution >= 0.6 is 11.6 Å². The van der Waals surface area contributed by atoms with Crippen LogP contribution in [0.4, 0.5) is 0 Å². The van der Waals surface area contributed by atoms with Crippen LogP contribution in [0, 0.1) is 0 Å². The summed E-state index contributed by atoms with van der Waals surface area (Å²) in [7, 11) is 0. The second-order valence-electron chi connectivity index (χ2n) is 2.83. The highest BCUT2D eigenvalue weighted by Gasteiger charge is 1.98. The molecule has 0 saturated carbocycles. The van der Waals surface area contributed by atoms with Gasteiger partial charge in [-0.05, 0) is 29.8 Å². The number of hydrogen-bond acceptors (Lipinski definition) is 1. The maximum Gasteiger partial charge on any atom is 0.0412 e. The molecule has 0 aliphatic carbocycles. The third-order valence-corrected chi connectivity index (χ3v) is 2.13. The Morgan fingerprint density at radius 2 is 2.31 bits per heavy atom. The molecule has 1 rings (SSSR count). The zero-order valence-corrected chi connectivity index (χ0v) is 8.56. The second-order valence-corrected chi connectivity index (χ2v) is 3.26. The van der Waals surface area contributed by atoms with Crippen LogP contribution in [0.5, 0.6) is 0 Å². The third kappa shape index (κ3) is 2.87. The third-order valence-electron chi connectivity index (χ3n) is 1.89. The van der Waals surface area contributed by atoms with E-state index in [1.54, 1.807) is 0 Å². The Morgan fingerprint density at radius 1 is 1.54 bits per heavy atom. The molecule has 0 aliphatic heterocycles. The first-order chi connectivity index (χ1) is 6.27. The highest BCUT2D eigenvalue weighted by molar-refractivity contribution is 6.30. The van der Waals surface area contributed by atoms with Gasteiger partial charge in [0.15, 0.2) is 0 Å². The van der Waals surface area contributed by atoms with Crippen LogP contribution in [0.15, 0.2) is 24.8 Å². The van der Waals surface area contributed by atoms with Gasteiger partial charge in [-0.25, -0.2) is 0 Å². The number of rotatable bonds is 4. The maximum absolute atomic E-state index is 5.86. The lowest BCUT2D eigenvalue weighted by molar-refractivity contribution is 0.726. The molecule has 2 heteroatoms. The molecule has 1 aromatic carbocycles. The molecule has 0 radical (unpaired) electrons. The molecule has 0 aromatic heterocycles. The fraction of sp³-hybridized carbons (Fsp3) is 0.273. The zero-order chi connectivity index (χ0) is 9.68. The van der Waals surface area contributed by atoms with E-state index in [0.29, 0.717) is 0 Å². The van der Waals surface area contributed by atoms with E-state index in [9.17, 15) is 0 Å². The Balaban J connectivity index is 2.86. The van der Waals surface area contributed by atoms with Gasteiger partial charge in [-0.2, -0.15) is 0 Å². The lowest BCUT2D eigenvalue weighted by Gasteiger charge is -2.06. The van der Waals surface area contributed by atoms with Gasteiger partial charge in [0.25, 0.3) is 0 Å². The highest BCUT2D eigenvalue weighted by atomic mass is 35.5. The molecule has 0 fully saturated rings. The number of halogens is 1. The Morgan fingerprint density at radius 3 is 2.92 bits per heavy atom. The number of hydrogen-bond donors (Lipinski definition) is 1. The van der Waals surface area contributed by atoms with Crippen molar-refractivity contribution in [3.8, 4) is 0 Å². The predicted molar refractivity (Wildman–Crippen MR) is 58.9 cm³/mol. The monoisotopic (exact) mass is 195 g/mol. The van der Waals surface area contributed by atoms with Crippen molar-refractivity contribution in [3.05, 3.63) is 40.9 Å². The molecule has 1 nitrogen and oxygen atoms in total. The van der Waals surface area contributed by atoms with Gasteiger partial charge >= 0.3 is 0 Å². The van der Waals surface area contributed by atoms with Crippen molar-refractivity contribution in [1.82, 2.24) is 5.32 Å². The first kappa shape index (κ1) is 10.3. The van der Waals surface area contributed by atoms with Gasteiger partial charge in [-0.15, -0.1) is 0 Å². The zero-order valence-electron chi connectivity index (χ0n) is 7.81. The summed E-state index contributed by atoms with van der Waals surface area (Å²) in [6, 6.07) is 5.87. The smallest absolute Gasteiger partial charge is 0.0412 e. The van der Waals surface area contributed by atoms with E-state index >= 15 is 0 Å². The van der Waals surface area contributed by atoms with E-state index in [-0.39, 0.29) is 0 Å². The summed E-state index contributed by atoms with van der Waals surface area (Å²) in [4.78, 5) is 0. The maximum atomic E-state index is 5.86. The van der Waals surface area contributed by atoms with Crippen LogP contribution in [0.1, 0.15) is 18.1 Å². The molecular weight excluding hydrogens is 182 g/mol. The van der Waals surface area contributed by atoms with Crippen molar-refractivity contribution < 1.29 is 0 Å².